The van der Waals surface area contributed by atoms with E-state index >= 15 is 0 Å². The van der Waals surface area contributed by atoms with Crippen molar-refractivity contribution in [3.63, 3.8) is 0 Å². The van der Waals surface area contributed by atoms with E-state index < -0.39 is 5.41 Å². The third-order valence-electron chi connectivity index (χ3n) is 13.2. The van der Waals surface area contributed by atoms with Gasteiger partial charge in [0.05, 0.1) is 27.7 Å². The van der Waals surface area contributed by atoms with Gasteiger partial charge in [0.2, 0.25) is 5.95 Å². The van der Waals surface area contributed by atoms with Crippen LogP contribution in [0.4, 0.5) is 0 Å². The van der Waals surface area contributed by atoms with E-state index in [2.05, 4.69) is 218 Å². The topological polar surface area (TPSA) is 39.9 Å². The number of benzene rings is 9. The van der Waals surface area contributed by atoms with Crippen molar-refractivity contribution < 1.29 is 4.74 Å². The summed E-state index contributed by atoms with van der Waals surface area (Å²) in [6.45, 7) is 2.14. The number of hydrogen-bond acceptors (Lipinski definition) is 3. The number of aromatic nitrogens is 3. The molecule has 1 aliphatic heterocycles. The summed E-state index contributed by atoms with van der Waals surface area (Å²) in [5, 5.41) is 3.39. The van der Waals surface area contributed by atoms with Gasteiger partial charge in [-0.15, -0.1) is 0 Å². The Hall–Kier alpha value is -8.08. The largest absolute Gasteiger partial charge is 0.457 e. The molecule has 9 aromatic carbocycles. The van der Waals surface area contributed by atoms with E-state index in [1.165, 1.54) is 49.7 Å². The molecule has 0 bridgehead atoms. The Bertz CT molecular complexity index is 3520. The fraction of sp³-hybridized carbons (Fsp3) is 0.0345. The van der Waals surface area contributed by atoms with Crippen LogP contribution in [0.1, 0.15) is 27.8 Å². The molecule has 0 amide bonds. The minimum atomic E-state index is -0.587. The molecule has 0 fully saturated rings. The number of fused-ring (bicyclic) bond motifs is 13. The predicted molar refractivity (Wildman–Crippen MR) is 252 cm³/mol. The third-order valence-corrected chi connectivity index (χ3v) is 13.2. The zero-order valence-electron chi connectivity index (χ0n) is 33.9. The monoisotopic (exact) mass is 791 g/mol. The van der Waals surface area contributed by atoms with Gasteiger partial charge in [-0.25, -0.2) is 9.97 Å². The van der Waals surface area contributed by atoms with Gasteiger partial charge in [0.15, 0.2) is 0 Å². The van der Waals surface area contributed by atoms with E-state index in [1.54, 1.807) is 0 Å². The quantitative estimate of drug-likeness (QED) is 0.178. The fourth-order valence-electron chi connectivity index (χ4n) is 10.3. The van der Waals surface area contributed by atoms with E-state index in [0.29, 0.717) is 5.95 Å². The highest BCUT2D eigenvalue weighted by Crippen LogP contribution is 2.62. The molecule has 3 heterocycles. The second-order valence-electron chi connectivity index (χ2n) is 16.6. The van der Waals surface area contributed by atoms with Crippen LogP contribution in [0.5, 0.6) is 11.5 Å². The Kier molecular flexibility index (Phi) is 7.40. The van der Waals surface area contributed by atoms with Crippen molar-refractivity contribution in [2.75, 3.05) is 0 Å². The maximum absolute atomic E-state index is 6.69. The second-order valence-corrected chi connectivity index (χ2v) is 16.6. The number of rotatable bonds is 4. The van der Waals surface area contributed by atoms with Crippen molar-refractivity contribution in [2.45, 2.75) is 12.3 Å². The summed E-state index contributed by atoms with van der Waals surface area (Å²) < 4.78 is 8.88. The van der Waals surface area contributed by atoms with Crippen molar-refractivity contribution in [2.24, 2.45) is 0 Å². The molecule has 1 spiro atoms. The average molecular weight is 792 g/mol. The molecular formula is C58H37N3O. The maximum atomic E-state index is 6.69. The van der Waals surface area contributed by atoms with Crippen molar-refractivity contribution in [3.8, 4) is 62.1 Å². The lowest BCUT2D eigenvalue weighted by Crippen LogP contribution is -2.32. The van der Waals surface area contributed by atoms with Crippen LogP contribution >= 0.6 is 0 Å². The van der Waals surface area contributed by atoms with Gasteiger partial charge in [0.1, 0.15) is 11.5 Å². The standard InChI is InChI=1S/C58H37N3O/c1-36-22-24-37(25-23-36)40-30-32-42-43-33-31-41(35-50(43)58(49(42)34-40)47-15-5-10-20-54(47)62-55-21-11-6-16-48(55)58)38-26-28-39(29-27-38)56-46-14-2-7-17-51(46)59-57(60-56)61-52-18-8-3-12-44(52)45-13-4-9-19-53(45)61/h2-35H,1H3. The molecule has 0 atom stereocenters. The Morgan fingerprint density at radius 3 is 1.47 bits per heavy atom. The van der Waals surface area contributed by atoms with E-state index in [9.17, 15) is 0 Å². The zero-order valence-corrected chi connectivity index (χ0v) is 33.9. The normalized spacial score (nSPS) is 13.2. The summed E-state index contributed by atoms with van der Waals surface area (Å²) in [4.78, 5) is 10.5. The Morgan fingerprint density at radius 1 is 0.403 bits per heavy atom. The van der Waals surface area contributed by atoms with E-state index in [4.69, 9.17) is 14.7 Å². The molecule has 2 aromatic heterocycles. The molecule has 4 nitrogen and oxygen atoms in total. The molecule has 290 valence electrons. The minimum absolute atomic E-state index is 0.587. The third kappa shape index (κ3) is 4.95. The van der Waals surface area contributed by atoms with Gasteiger partial charge in [-0.3, -0.25) is 4.57 Å². The highest BCUT2D eigenvalue weighted by molar-refractivity contribution is 6.09. The van der Waals surface area contributed by atoms with Gasteiger partial charge >= 0.3 is 0 Å². The predicted octanol–water partition coefficient (Wildman–Crippen LogP) is 14.5. The van der Waals surface area contributed by atoms with Gasteiger partial charge in [-0.2, -0.15) is 0 Å². The first-order valence-corrected chi connectivity index (χ1v) is 21.2. The van der Waals surface area contributed by atoms with Crippen LogP contribution in [0.3, 0.4) is 0 Å². The second kappa shape index (κ2) is 13.2. The molecule has 0 unspecified atom stereocenters. The molecule has 0 radical (unpaired) electrons. The lowest BCUT2D eigenvalue weighted by molar-refractivity contribution is 0.436. The van der Waals surface area contributed by atoms with Crippen LogP contribution in [0.25, 0.3) is 83.3 Å². The SMILES string of the molecule is Cc1ccc(-c2ccc3c(c2)C2(c4ccccc4Oc4ccccc42)c2cc(-c4ccc(-c5nc(-n6c7ccccc7c7ccccc76)nc6ccccc56)cc4)ccc2-3)cc1. The van der Waals surface area contributed by atoms with E-state index in [-0.39, 0.29) is 0 Å². The van der Waals surface area contributed by atoms with Gasteiger partial charge in [0.25, 0.3) is 0 Å². The Morgan fingerprint density at radius 2 is 0.871 bits per heavy atom. The van der Waals surface area contributed by atoms with Crippen molar-refractivity contribution in [1.82, 2.24) is 14.5 Å². The number of aryl methyl sites for hydroxylation is 1. The summed E-state index contributed by atoms with van der Waals surface area (Å²) in [5.41, 5.74) is 17.7. The van der Waals surface area contributed by atoms with Crippen LogP contribution in [-0.4, -0.2) is 14.5 Å². The van der Waals surface area contributed by atoms with Crippen molar-refractivity contribution in [1.29, 1.82) is 0 Å². The summed E-state index contributed by atoms with van der Waals surface area (Å²) in [6.07, 6.45) is 0. The van der Waals surface area contributed by atoms with Crippen LogP contribution in [0.15, 0.2) is 206 Å². The minimum Gasteiger partial charge on any atom is -0.457 e. The molecule has 1 aliphatic carbocycles. The lowest BCUT2D eigenvalue weighted by atomic mass is 9.65. The van der Waals surface area contributed by atoms with E-state index in [0.717, 1.165) is 66.9 Å². The molecule has 2 aliphatic rings. The molecular weight excluding hydrogens is 755 g/mol. The molecule has 0 saturated carbocycles. The average Bonchev–Trinajstić information content (AvgIpc) is 3.82. The van der Waals surface area contributed by atoms with Crippen molar-refractivity contribution >= 4 is 32.7 Å². The van der Waals surface area contributed by atoms with Crippen LogP contribution in [0, 0.1) is 6.92 Å². The smallest absolute Gasteiger partial charge is 0.235 e. The summed E-state index contributed by atoms with van der Waals surface area (Å²) in [5.74, 6) is 2.43. The zero-order chi connectivity index (χ0) is 40.9. The first-order valence-electron chi connectivity index (χ1n) is 21.2. The van der Waals surface area contributed by atoms with Crippen molar-refractivity contribution in [3.05, 3.63) is 234 Å². The van der Waals surface area contributed by atoms with Crippen LogP contribution < -0.4 is 4.74 Å². The molecule has 11 aromatic rings. The number of hydrogen-bond donors (Lipinski definition) is 0. The molecule has 0 N–H and O–H groups in total. The van der Waals surface area contributed by atoms with Crippen LogP contribution in [0.2, 0.25) is 0 Å². The van der Waals surface area contributed by atoms with Gasteiger partial charge in [0, 0.05) is 32.8 Å². The van der Waals surface area contributed by atoms with Gasteiger partial charge < -0.3 is 4.74 Å². The highest BCUT2D eigenvalue weighted by atomic mass is 16.5. The summed E-state index contributed by atoms with van der Waals surface area (Å²) in [6, 6.07) is 74.3. The molecule has 4 heteroatoms. The maximum Gasteiger partial charge on any atom is 0.235 e. The number of ether oxygens (including phenoxy) is 1. The lowest BCUT2D eigenvalue weighted by Gasteiger charge is -2.39. The number of para-hydroxylation sites is 5. The molecule has 13 rings (SSSR count). The Labute approximate surface area is 359 Å². The van der Waals surface area contributed by atoms with E-state index in [1.807, 2.05) is 0 Å². The molecule has 0 saturated heterocycles. The first kappa shape index (κ1) is 34.8. The van der Waals surface area contributed by atoms with Crippen LogP contribution in [-0.2, 0) is 5.41 Å². The molecule has 62 heavy (non-hydrogen) atoms. The first-order chi connectivity index (χ1) is 30.6. The fourth-order valence-corrected chi connectivity index (χ4v) is 10.3. The summed E-state index contributed by atoms with van der Waals surface area (Å²) >= 11 is 0. The summed E-state index contributed by atoms with van der Waals surface area (Å²) in [7, 11) is 0. The van der Waals surface area contributed by atoms with Gasteiger partial charge in [-0.1, -0.05) is 169 Å². The highest BCUT2D eigenvalue weighted by Gasteiger charge is 2.51. The number of nitrogens with zero attached hydrogens (tertiary/aromatic N) is 3. The van der Waals surface area contributed by atoms with Gasteiger partial charge in [-0.05, 0) is 93.9 Å². The Balaban J connectivity index is 0.975.